The van der Waals surface area contributed by atoms with Crippen LogP contribution in [0.2, 0.25) is 0 Å². The summed E-state index contributed by atoms with van der Waals surface area (Å²) in [5, 5.41) is 3.89. The standard InChI is InChI=1S/C22H38N2/c1-21(2,3)23-19-12-11-18(14-20(19)24(5)6)22(4)13-7-8-17(15-22)16-9-10-16/h7-8,13,16,18-20,23H,9-12,14-15H2,1-6H3/t18-,19-,20-,22?/m0/s1. The number of likely N-dealkylation sites (N-methyl/N-ethyl adjacent to an activating group) is 1. The molecular formula is C22H38N2. The Morgan fingerprint density at radius 2 is 1.83 bits per heavy atom. The Morgan fingerprint density at radius 3 is 2.42 bits per heavy atom. The maximum atomic E-state index is 3.89. The van der Waals surface area contributed by atoms with Gasteiger partial charge in [-0.3, -0.25) is 0 Å². The molecule has 24 heavy (non-hydrogen) atoms. The summed E-state index contributed by atoms with van der Waals surface area (Å²) in [4.78, 5) is 2.46. The fourth-order valence-electron chi connectivity index (χ4n) is 5.01. The van der Waals surface area contributed by atoms with Crippen molar-refractivity contribution in [1.82, 2.24) is 10.2 Å². The van der Waals surface area contributed by atoms with Gasteiger partial charge in [-0.15, -0.1) is 0 Å². The van der Waals surface area contributed by atoms with Gasteiger partial charge in [0.25, 0.3) is 0 Å². The topological polar surface area (TPSA) is 15.3 Å². The van der Waals surface area contributed by atoms with Crippen molar-refractivity contribution in [3.8, 4) is 0 Å². The monoisotopic (exact) mass is 330 g/mol. The van der Waals surface area contributed by atoms with E-state index >= 15 is 0 Å². The van der Waals surface area contributed by atoms with E-state index in [1.807, 2.05) is 0 Å². The third-order valence-electron chi connectivity index (χ3n) is 6.50. The molecule has 2 fully saturated rings. The van der Waals surface area contributed by atoms with Gasteiger partial charge >= 0.3 is 0 Å². The highest BCUT2D eigenvalue weighted by Crippen LogP contribution is 2.50. The first-order valence-electron chi connectivity index (χ1n) is 10.0. The Kier molecular flexibility index (Phi) is 5.01. The van der Waals surface area contributed by atoms with E-state index in [1.54, 1.807) is 5.57 Å². The molecule has 2 saturated carbocycles. The Bertz CT molecular complexity index is 507. The van der Waals surface area contributed by atoms with Crippen LogP contribution in [0.25, 0.3) is 0 Å². The fraction of sp³-hybridized carbons (Fsp3) is 0.818. The van der Waals surface area contributed by atoms with Crippen LogP contribution in [0.5, 0.6) is 0 Å². The summed E-state index contributed by atoms with van der Waals surface area (Å²) in [6.45, 7) is 9.41. The van der Waals surface area contributed by atoms with Gasteiger partial charge in [0, 0.05) is 17.6 Å². The molecule has 3 aliphatic carbocycles. The molecule has 0 bridgehead atoms. The maximum Gasteiger partial charge on any atom is 0.0246 e. The van der Waals surface area contributed by atoms with Crippen LogP contribution >= 0.6 is 0 Å². The van der Waals surface area contributed by atoms with Crippen molar-refractivity contribution >= 4 is 0 Å². The first-order chi connectivity index (χ1) is 11.2. The number of nitrogens with zero attached hydrogens (tertiary/aromatic N) is 1. The van der Waals surface area contributed by atoms with Gasteiger partial charge in [0.05, 0.1) is 0 Å². The molecule has 0 heterocycles. The molecule has 0 aromatic rings. The van der Waals surface area contributed by atoms with Crippen molar-refractivity contribution in [3.63, 3.8) is 0 Å². The zero-order valence-electron chi connectivity index (χ0n) is 16.7. The van der Waals surface area contributed by atoms with Crippen LogP contribution < -0.4 is 5.32 Å². The molecule has 136 valence electrons. The lowest BCUT2D eigenvalue weighted by Gasteiger charge is -2.48. The van der Waals surface area contributed by atoms with E-state index < -0.39 is 0 Å². The number of rotatable bonds is 4. The molecular weight excluding hydrogens is 292 g/mol. The second-order valence-electron chi connectivity index (χ2n) is 10.1. The van der Waals surface area contributed by atoms with Crippen LogP contribution in [-0.4, -0.2) is 36.6 Å². The molecule has 2 nitrogen and oxygen atoms in total. The van der Waals surface area contributed by atoms with E-state index in [1.165, 1.54) is 38.5 Å². The summed E-state index contributed by atoms with van der Waals surface area (Å²) in [7, 11) is 4.53. The van der Waals surface area contributed by atoms with Gasteiger partial charge in [0.15, 0.2) is 0 Å². The summed E-state index contributed by atoms with van der Waals surface area (Å²) in [5.74, 6) is 1.72. The van der Waals surface area contributed by atoms with Gasteiger partial charge in [0.2, 0.25) is 0 Å². The predicted molar refractivity (Wildman–Crippen MR) is 104 cm³/mol. The average Bonchev–Trinajstić information content (AvgIpc) is 3.30. The highest BCUT2D eigenvalue weighted by molar-refractivity contribution is 5.28. The van der Waals surface area contributed by atoms with E-state index in [9.17, 15) is 0 Å². The Hall–Kier alpha value is -0.600. The molecule has 1 unspecified atom stereocenters. The minimum absolute atomic E-state index is 0.197. The number of hydrogen-bond acceptors (Lipinski definition) is 2. The molecule has 0 aromatic heterocycles. The van der Waals surface area contributed by atoms with E-state index in [4.69, 9.17) is 0 Å². The Labute approximate surface area is 149 Å². The van der Waals surface area contributed by atoms with Gasteiger partial charge in [-0.2, -0.15) is 0 Å². The quantitative estimate of drug-likeness (QED) is 0.798. The SMILES string of the molecule is CN(C)[C@H]1C[C@@H](C2(C)C=CC=C(C3CC3)C2)CC[C@@H]1NC(C)(C)C. The van der Waals surface area contributed by atoms with Gasteiger partial charge in [-0.25, -0.2) is 0 Å². The van der Waals surface area contributed by atoms with Crippen molar-refractivity contribution in [1.29, 1.82) is 0 Å². The van der Waals surface area contributed by atoms with Crippen molar-refractivity contribution in [3.05, 3.63) is 23.8 Å². The van der Waals surface area contributed by atoms with Crippen LogP contribution in [0.15, 0.2) is 23.8 Å². The molecule has 0 radical (unpaired) electrons. The van der Waals surface area contributed by atoms with E-state index in [2.05, 4.69) is 70.2 Å². The first kappa shape index (κ1) is 18.2. The molecule has 3 aliphatic rings. The number of allylic oxidation sites excluding steroid dienone is 4. The van der Waals surface area contributed by atoms with Crippen molar-refractivity contribution < 1.29 is 0 Å². The minimum atomic E-state index is 0.197. The Balaban J connectivity index is 1.70. The van der Waals surface area contributed by atoms with Gasteiger partial charge in [-0.1, -0.05) is 30.7 Å². The normalized spacial score (nSPS) is 37.6. The van der Waals surface area contributed by atoms with Crippen molar-refractivity contribution in [2.45, 2.75) is 83.8 Å². The van der Waals surface area contributed by atoms with E-state index in [-0.39, 0.29) is 5.54 Å². The second kappa shape index (κ2) is 6.61. The molecule has 4 atom stereocenters. The molecule has 0 amide bonds. The van der Waals surface area contributed by atoms with Crippen molar-refractivity contribution in [2.75, 3.05) is 14.1 Å². The lowest BCUT2D eigenvalue weighted by Crippen LogP contribution is -2.57. The lowest BCUT2D eigenvalue weighted by molar-refractivity contribution is 0.0782. The predicted octanol–water partition coefficient (Wildman–Crippen LogP) is 4.78. The highest BCUT2D eigenvalue weighted by atomic mass is 15.2. The zero-order chi connectivity index (χ0) is 17.5. The summed E-state index contributed by atoms with van der Waals surface area (Å²) < 4.78 is 0. The average molecular weight is 331 g/mol. The molecule has 0 saturated heterocycles. The van der Waals surface area contributed by atoms with E-state index in [0.29, 0.717) is 17.5 Å². The molecule has 2 heteroatoms. The molecule has 0 aromatic carbocycles. The summed E-state index contributed by atoms with van der Waals surface area (Å²) >= 11 is 0. The first-order valence-corrected chi connectivity index (χ1v) is 10.0. The van der Waals surface area contributed by atoms with Crippen molar-refractivity contribution in [2.24, 2.45) is 17.3 Å². The summed E-state index contributed by atoms with van der Waals surface area (Å²) in [5.41, 5.74) is 2.30. The minimum Gasteiger partial charge on any atom is -0.308 e. The lowest BCUT2D eigenvalue weighted by atomic mass is 9.63. The number of hydrogen-bond donors (Lipinski definition) is 1. The summed E-state index contributed by atoms with van der Waals surface area (Å²) in [6, 6.07) is 1.26. The Morgan fingerprint density at radius 1 is 1.12 bits per heavy atom. The smallest absolute Gasteiger partial charge is 0.0246 e. The maximum absolute atomic E-state index is 3.89. The van der Waals surface area contributed by atoms with Crippen LogP contribution in [0.4, 0.5) is 0 Å². The van der Waals surface area contributed by atoms with Gasteiger partial charge in [0.1, 0.15) is 0 Å². The number of nitrogens with one attached hydrogen (secondary N) is 1. The van der Waals surface area contributed by atoms with E-state index in [0.717, 1.165) is 11.8 Å². The van der Waals surface area contributed by atoms with Crippen LogP contribution in [0.3, 0.4) is 0 Å². The largest absolute Gasteiger partial charge is 0.308 e. The fourth-order valence-corrected chi connectivity index (χ4v) is 5.01. The molecule has 1 N–H and O–H groups in total. The van der Waals surface area contributed by atoms with Gasteiger partial charge in [-0.05, 0) is 90.6 Å². The van der Waals surface area contributed by atoms with Gasteiger partial charge < -0.3 is 10.2 Å². The second-order valence-corrected chi connectivity index (χ2v) is 10.1. The van der Waals surface area contributed by atoms with Crippen LogP contribution in [-0.2, 0) is 0 Å². The van der Waals surface area contributed by atoms with Crippen LogP contribution in [0, 0.1) is 17.3 Å². The summed E-state index contributed by atoms with van der Waals surface area (Å²) in [6.07, 6.45) is 15.4. The molecule has 0 aliphatic heterocycles. The molecule has 3 rings (SSSR count). The highest BCUT2D eigenvalue weighted by Gasteiger charge is 2.43. The zero-order valence-corrected chi connectivity index (χ0v) is 16.7. The third kappa shape index (κ3) is 4.14. The molecule has 0 spiro atoms. The van der Waals surface area contributed by atoms with Crippen LogP contribution in [0.1, 0.15) is 66.2 Å². The third-order valence-corrected chi connectivity index (χ3v) is 6.50.